The number of thiophene rings is 1. The van der Waals surface area contributed by atoms with E-state index in [0.29, 0.717) is 24.6 Å². The lowest BCUT2D eigenvalue weighted by Gasteiger charge is -2.25. The largest absolute Gasteiger partial charge is 0.330 e. The fourth-order valence-corrected chi connectivity index (χ4v) is 5.07. The highest BCUT2D eigenvalue weighted by Gasteiger charge is 2.29. The molecular weight excluding hydrogens is 358 g/mol. The van der Waals surface area contributed by atoms with Gasteiger partial charge in [-0.05, 0) is 48.8 Å². The Hall–Kier alpha value is -2.34. The molecule has 1 aromatic heterocycles. The van der Waals surface area contributed by atoms with E-state index < -0.39 is 0 Å². The van der Waals surface area contributed by atoms with Gasteiger partial charge in [0.1, 0.15) is 0 Å². The first-order valence-corrected chi connectivity index (χ1v) is 10.6. The molecule has 0 radical (unpaired) electrons. The monoisotopic (exact) mass is 383 g/mol. The number of hydrogen-bond donors (Lipinski definition) is 2. The smallest absolute Gasteiger partial charge is 0.319 e. The summed E-state index contributed by atoms with van der Waals surface area (Å²) >= 11 is 1.69. The highest BCUT2D eigenvalue weighted by Crippen LogP contribution is 2.37. The summed E-state index contributed by atoms with van der Waals surface area (Å²) in [6.07, 6.45) is 6.21. The van der Waals surface area contributed by atoms with Crippen molar-refractivity contribution in [1.82, 2.24) is 5.32 Å². The van der Waals surface area contributed by atoms with Crippen molar-refractivity contribution in [3.8, 4) is 0 Å². The number of nitrogens with one attached hydrogen (secondary N) is 2. The minimum absolute atomic E-state index is 0.0491. The van der Waals surface area contributed by atoms with Gasteiger partial charge in [-0.25, -0.2) is 4.79 Å². The Morgan fingerprint density at radius 3 is 2.63 bits per heavy atom. The van der Waals surface area contributed by atoms with Gasteiger partial charge in [0.05, 0.1) is 17.4 Å². The number of nitrogens with zero attached hydrogens (tertiary/aromatic N) is 1. The van der Waals surface area contributed by atoms with E-state index in [2.05, 4.69) is 22.1 Å². The molecular formula is C21H25N3O2S. The standard InChI is InChI=1S/C21H25N3O2S/c25-19-12-5-13-24(19)17-10-4-3-9-16(17)22-21(26)23-20(15-7-1-2-8-15)18-11-6-14-27-18/h3-4,6,9-11,14-15,20H,1-2,5,7-8,12-13H2,(H2,22,23,26). The zero-order valence-corrected chi connectivity index (χ0v) is 16.1. The van der Waals surface area contributed by atoms with Gasteiger partial charge in [-0.15, -0.1) is 11.3 Å². The first-order chi connectivity index (χ1) is 13.2. The second kappa shape index (κ2) is 8.13. The van der Waals surface area contributed by atoms with Gasteiger partial charge in [-0.1, -0.05) is 31.0 Å². The molecule has 2 aliphatic rings. The minimum Gasteiger partial charge on any atom is -0.330 e. The molecule has 1 atom stereocenters. The van der Waals surface area contributed by atoms with Gasteiger partial charge in [0, 0.05) is 17.8 Å². The van der Waals surface area contributed by atoms with E-state index in [1.165, 1.54) is 17.7 Å². The van der Waals surface area contributed by atoms with Crippen LogP contribution in [0.1, 0.15) is 49.4 Å². The second-order valence-corrected chi connectivity index (χ2v) is 8.28. The number of para-hydroxylation sites is 2. The van der Waals surface area contributed by atoms with Gasteiger partial charge in [-0.3, -0.25) is 4.79 Å². The molecule has 5 nitrogen and oxygen atoms in total. The van der Waals surface area contributed by atoms with Crippen LogP contribution < -0.4 is 15.5 Å². The Morgan fingerprint density at radius 1 is 1.11 bits per heavy atom. The first kappa shape index (κ1) is 18.0. The summed E-state index contributed by atoms with van der Waals surface area (Å²) in [7, 11) is 0. The summed E-state index contributed by atoms with van der Waals surface area (Å²) in [4.78, 5) is 27.9. The Balaban J connectivity index is 1.49. The molecule has 1 saturated heterocycles. The van der Waals surface area contributed by atoms with Crippen molar-refractivity contribution in [3.63, 3.8) is 0 Å². The molecule has 3 amide bonds. The Bertz CT molecular complexity index is 800. The molecule has 6 heteroatoms. The number of benzene rings is 1. The Labute approximate surface area is 163 Å². The van der Waals surface area contributed by atoms with Gasteiger partial charge in [-0.2, -0.15) is 0 Å². The van der Waals surface area contributed by atoms with Crippen LogP contribution in [0.15, 0.2) is 41.8 Å². The third-order valence-corrected chi connectivity index (χ3v) is 6.48. The molecule has 1 aliphatic carbocycles. The summed E-state index contributed by atoms with van der Waals surface area (Å²) < 4.78 is 0. The SMILES string of the molecule is O=C(Nc1ccccc1N1CCCC1=O)NC(c1cccs1)C1CCCC1. The molecule has 1 aromatic carbocycles. The van der Waals surface area contributed by atoms with Crippen LogP contribution in [0.3, 0.4) is 0 Å². The molecule has 27 heavy (non-hydrogen) atoms. The number of urea groups is 1. The maximum atomic E-state index is 12.8. The lowest BCUT2D eigenvalue weighted by molar-refractivity contribution is -0.117. The summed E-state index contributed by atoms with van der Waals surface area (Å²) in [5.74, 6) is 0.608. The highest BCUT2D eigenvalue weighted by molar-refractivity contribution is 7.10. The number of anilines is 2. The normalized spacial score (nSPS) is 18.7. The van der Waals surface area contributed by atoms with Crippen molar-refractivity contribution in [1.29, 1.82) is 0 Å². The van der Waals surface area contributed by atoms with Crippen LogP contribution in [-0.2, 0) is 4.79 Å². The first-order valence-electron chi connectivity index (χ1n) is 9.72. The summed E-state index contributed by atoms with van der Waals surface area (Å²) in [6, 6.07) is 11.5. The average molecular weight is 384 g/mol. The molecule has 0 spiro atoms. The number of amides is 3. The van der Waals surface area contributed by atoms with E-state index in [0.717, 1.165) is 24.9 Å². The van der Waals surface area contributed by atoms with E-state index >= 15 is 0 Å². The Morgan fingerprint density at radius 2 is 1.93 bits per heavy atom. The van der Waals surface area contributed by atoms with Crippen molar-refractivity contribution < 1.29 is 9.59 Å². The summed E-state index contributed by atoms with van der Waals surface area (Å²) in [5, 5.41) is 8.24. The molecule has 2 N–H and O–H groups in total. The van der Waals surface area contributed by atoms with Crippen molar-refractivity contribution in [2.75, 3.05) is 16.8 Å². The van der Waals surface area contributed by atoms with Gasteiger partial charge in [0.25, 0.3) is 0 Å². The van der Waals surface area contributed by atoms with Crippen LogP contribution in [-0.4, -0.2) is 18.5 Å². The fourth-order valence-electron chi connectivity index (χ4n) is 4.20. The quantitative estimate of drug-likeness (QED) is 0.769. The van der Waals surface area contributed by atoms with E-state index in [-0.39, 0.29) is 18.0 Å². The van der Waals surface area contributed by atoms with Crippen LogP contribution in [0.2, 0.25) is 0 Å². The van der Waals surface area contributed by atoms with Crippen molar-refractivity contribution in [2.45, 2.75) is 44.6 Å². The summed E-state index contributed by atoms with van der Waals surface area (Å²) in [6.45, 7) is 0.707. The molecule has 1 unspecified atom stereocenters. The van der Waals surface area contributed by atoms with Crippen LogP contribution >= 0.6 is 11.3 Å². The highest BCUT2D eigenvalue weighted by atomic mass is 32.1. The third kappa shape index (κ3) is 4.00. The molecule has 142 valence electrons. The van der Waals surface area contributed by atoms with E-state index in [1.807, 2.05) is 30.3 Å². The van der Waals surface area contributed by atoms with Crippen LogP contribution in [0.4, 0.5) is 16.2 Å². The van der Waals surface area contributed by atoms with Crippen molar-refractivity contribution in [2.24, 2.45) is 5.92 Å². The lowest BCUT2D eigenvalue weighted by atomic mass is 9.97. The minimum atomic E-state index is -0.209. The number of carbonyl (C=O) groups is 2. The molecule has 2 fully saturated rings. The van der Waals surface area contributed by atoms with Crippen molar-refractivity contribution in [3.05, 3.63) is 46.7 Å². The molecule has 1 aliphatic heterocycles. The predicted molar refractivity (Wildman–Crippen MR) is 109 cm³/mol. The number of carbonyl (C=O) groups excluding carboxylic acids is 2. The van der Waals surface area contributed by atoms with Gasteiger partial charge in [0.15, 0.2) is 0 Å². The summed E-state index contributed by atoms with van der Waals surface area (Å²) in [5.41, 5.74) is 1.46. The second-order valence-electron chi connectivity index (χ2n) is 7.30. The fraction of sp³-hybridized carbons (Fsp3) is 0.429. The average Bonchev–Trinajstić information content (AvgIpc) is 3.43. The topological polar surface area (TPSA) is 61.4 Å². The molecule has 2 heterocycles. The maximum absolute atomic E-state index is 12.8. The molecule has 4 rings (SSSR count). The number of hydrogen-bond acceptors (Lipinski definition) is 3. The third-order valence-electron chi connectivity index (χ3n) is 5.52. The van der Waals surface area contributed by atoms with Gasteiger partial charge < -0.3 is 15.5 Å². The van der Waals surface area contributed by atoms with Gasteiger partial charge in [0.2, 0.25) is 5.91 Å². The van der Waals surface area contributed by atoms with Crippen LogP contribution in [0.25, 0.3) is 0 Å². The van der Waals surface area contributed by atoms with Crippen molar-refractivity contribution >= 4 is 34.6 Å². The zero-order valence-electron chi connectivity index (χ0n) is 15.3. The molecule has 2 aromatic rings. The Kier molecular flexibility index (Phi) is 5.43. The van der Waals surface area contributed by atoms with E-state index in [4.69, 9.17) is 0 Å². The predicted octanol–water partition coefficient (Wildman–Crippen LogP) is 4.93. The molecule has 0 bridgehead atoms. The molecule has 1 saturated carbocycles. The van der Waals surface area contributed by atoms with Crippen LogP contribution in [0, 0.1) is 5.92 Å². The van der Waals surface area contributed by atoms with Gasteiger partial charge >= 0.3 is 6.03 Å². The maximum Gasteiger partial charge on any atom is 0.319 e. The number of rotatable bonds is 5. The van der Waals surface area contributed by atoms with E-state index in [1.54, 1.807) is 16.2 Å². The van der Waals surface area contributed by atoms with E-state index in [9.17, 15) is 9.59 Å². The zero-order chi connectivity index (χ0) is 18.6. The lowest BCUT2D eigenvalue weighted by Crippen LogP contribution is -2.36. The van der Waals surface area contributed by atoms with Crippen LogP contribution in [0.5, 0.6) is 0 Å².